The van der Waals surface area contributed by atoms with Gasteiger partial charge in [0.1, 0.15) is 5.69 Å². The molecule has 0 saturated carbocycles. The number of benzene rings is 1. The monoisotopic (exact) mass is 258 g/mol. The molecule has 1 atom stereocenters. The highest BCUT2D eigenvalue weighted by molar-refractivity contribution is 5.74. The predicted octanol–water partition coefficient (Wildman–Crippen LogP) is 2.27. The molecule has 0 bridgehead atoms. The van der Waals surface area contributed by atoms with Gasteiger partial charge in [0, 0.05) is 6.61 Å². The molecule has 0 radical (unpaired) electrons. The molecular formula is C15H18N2O2. The average molecular weight is 258 g/mol. The molecule has 0 unspecified atom stereocenters. The number of ether oxygens (including phenoxy) is 1. The molecule has 0 amide bonds. The van der Waals surface area contributed by atoms with Gasteiger partial charge in [0.25, 0.3) is 5.56 Å². The lowest BCUT2D eigenvalue weighted by atomic mass is 10.1. The van der Waals surface area contributed by atoms with Crippen LogP contribution in [0.1, 0.15) is 25.0 Å². The van der Waals surface area contributed by atoms with Gasteiger partial charge in [-0.1, -0.05) is 12.1 Å². The van der Waals surface area contributed by atoms with Gasteiger partial charge in [-0.05, 0) is 38.3 Å². The maximum absolute atomic E-state index is 12.3. The molecule has 0 N–H and O–H groups in total. The minimum atomic E-state index is -0.00660. The second kappa shape index (κ2) is 5.13. The normalized spacial score (nSPS) is 19.7. The lowest BCUT2D eigenvalue weighted by Crippen LogP contribution is -2.32. The van der Waals surface area contributed by atoms with Crippen LogP contribution in [-0.2, 0) is 11.3 Å². The van der Waals surface area contributed by atoms with Crippen molar-refractivity contribution in [3.63, 3.8) is 0 Å². The maximum atomic E-state index is 12.3. The van der Waals surface area contributed by atoms with E-state index < -0.39 is 0 Å². The van der Waals surface area contributed by atoms with E-state index in [0.29, 0.717) is 12.2 Å². The number of aromatic nitrogens is 2. The van der Waals surface area contributed by atoms with E-state index in [1.807, 2.05) is 28.8 Å². The molecule has 4 heteroatoms. The fourth-order valence-corrected chi connectivity index (χ4v) is 2.66. The van der Waals surface area contributed by atoms with Gasteiger partial charge in [0.05, 0.1) is 23.7 Å². The molecule has 4 nitrogen and oxygen atoms in total. The molecule has 1 aromatic carbocycles. The lowest BCUT2D eigenvalue weighted by molar-refractivity contribution is 0.00610. The number of aryl methyl sites for hydroxylation is 1. The summed E-state index contributed by atoms with van der Waals surface area (Å²) in [6, 6.07) is 7.78. The van der Waals surface area contributed by atoms with Crippen molar-refractivity contribution in [3.8, 4) is 0 Å². The SMILES string of the molecule is Cc1nc2ccccc2n(C[C@@H]2CCCCO2)c1=O. The Morgan fingerprint density at radius 1 is 1.37 bits per heavy atom. The van der Waals surface area contributed by atoms with Crippen LogP contribution in [0.15, 0.2) is 29.1 Å². The van der Waals surface area contributed by atoms with E-state index in [1.54, 1.807) is 6.92 Å². The van der Waals surface area contributed by atoms with Crippen LogP contribution in [0.3, 0.4) is 0 Å². The van der Waals surface area contributed by atoms with Gasteiger partial charge in [0.2, 0.25) is 0 Å². The molecule has 100 valence electrons. The summed E-state index contributed by atoms with van der Waals surface area (Å²) in [5.74, 6) is 0. The first kappa shape index (κ1) is 12.4. The zero-order chi connectivity index (χ0) is 13.2. The minimum absolute atomic E-state index is 0.00660. The van der Waals surface area contributed by atoms with Crippen molar-refractivity contribution in [2.24, 2.45) is 0 Å². The fourth-order valence-electron chi connectivity index (χ4n) is 2.66. The molecule has 3 rings (SSSR count). The summed E-state index contributed by atoms with van der Waals surface area (Å²) in [6.45, 7) is 3.21. The van der Waals surface area contributed by atoms with Gasteiger partial charge in [-0.15, -0.1) is 0 Å². The van der Waals surface area contributed by atoms with Crippen molar-refractivity contribution in [1.82, 2.24) is 9.55 Å². The Morgan fingerprint density at radius 3 is 3.00 bits per heavy atom. The second-order valence-corrected chi connectivity index (χ2v) is 5.09. The lowest BCUT2D eigenvalue weighted by Gasteiger charge is -2.24. The second-order valence-electron chi connectivity index (χ2n) is 5.09. The Kier molecular flexibility index (Phi) is 3.34. The van der Waals surface area contributed by atoms with Gasteiger partial charge in [-0.2, -0.15) is 0 Å². The van der Waals surface area contributed by atoms with Crippen LogP contribution in [0.25, 0.3) is 11.0 Å². The van der Waals surface area contributed by atoms with Crippen molar-refractivity contribution in [1.29, 1.82) is 0 Å². The summed E-state index contributed by atoms with van der Waals surface area (Å²) in [7, 11) is 0. The third-order valence-electron chi connectivity index (χ3n) is 3.68. The molecule has 19 heavy (non-hydrogen) atoms. The molecule has 1 aliphatic rings. The van der Waals surface area contributed by atoms with Crippen molar-refractivity contribution >= 4 is 11.0 Å². The van der Waals surface area contributed by atoms with Crippen molar-refractivity contribution < 1.29 is 4.74 Å². The number of fused-ring (bicyclic) bond motifs is 1. The van der Waals surface area contributed by atoms with Gasteiger partial charge in [0.15, 0.2) is 0 Å². The Labute approximate surface area is 112 Å². The maximum Gasteiger partial charge on any atom is 0.272 e. The quantitative estimate of drug-likeness (QED) is 0.830. The highest BCUT2D eigenvalue weighted by atomic mass is 16.5. The topological polar surface area (TPSA) is 44.1 Å². The van der Waals surface area contributed by atoms with Crippen LogP contribution >= 0.6 is 0 Å². The zero-order valence-electron chi connectivity index (χ0n) is 11.1. The standard InChI is InChI=1S/C15H18N2O2/c1-11-15(18)17(10-12-6-4-5-9-19-12)14-8-3-2-7-13(14)16-11/h2-3,7-8,12H,4-6,9-10H2,1H3/t12-/m0/s1. The van der Waals surface area contributed by atoms with Gasteiger partial charge < -0.3 is 9.30 Å². The summed E-state index contributed by atoms with van der Waals surface area (Å²) in [4.78, 5) is 16.7. The van der Waals surface area contributed by atoms with E-state index in [-0.39, 0.29) is 11.7 Å². The van der Waals surface area contributed by atoms with Gasteiger partial charge in [-0.3, -0.25) is 4.79 Å². The number of hydrogen-bond acceptors (Lipinski definition) is 3. The zero-order valence-corrected chi connectivity index (χ0v) is 11.1. The molecule has 1 aromatic heterocycles. The number of para-hydroxylation sites is 2. The largest absolute Gasteiger partial charge is 0.376 e. The third-order valence-corrected chi connectivity index (χ3v) is 3.68. The summed E-state index contributed by atoms with van der Waals surface area (Å²) in [6.07, 6.45) is 3.49. The third kappa shape index (κ3) is 2.40. The molecule has 0 spiro atoms. The Hall–Kier alpha value is -1.68. The van der Waals surface area contributed by atoms with Crippen LogP contribution in [0.2, 0.25) is 0 Å². The van der Waals surface area contributed by atoms with Crippen molar-refractivity contribution in [3.05, 3.63) is 40.3 Å². The molecule has 2 heterocycles. The van der Waals surface area contributed by atoms with Crippen LogP contribution < -0.4 is 5.56 Å². The molecule has 1 aliphatic heterocycles. The highest BCUT2D eigenvalue weighted by Gasteiger charge is 2.17. The average Bonchev–Trinajstić information content (AvgIpc) is 2.45. The molecule has 1 fully saturated rings. The van der Waals surface area contributed by atoms with Crippen LogP contribution in [-0.4, -0.2) is 22.3 Å². The van der Waals surface area contributed by atoms with Crippen LogP contribution in [0.4, 0.5) is 0 Å². The molecule has 1 saturated heterocycles. The van der Waals surface area contributed by atoms with E-state index in [0.717, 1.165) is 30.5 Å². The first-order valence-electron chi connectivity index (χ1n) is 6.83. The Balaban J connectivity index is 2.05. The van der Waals surface area contributed by atoms with Gasteiger partial charge >= 0.3 is 0 Å². The Morgan fingerprint density at radius 2 is 2.21 bits per heavy atom. The van der Waals surface area contributed by atoms with E-state index in [9.17, 15) is 4.79 Å². The number of nitrogens with zero attached hydrogens (tertiary/aromatic N) is 2. The highest BCUT2D eigenvalue weighted by Crippen LogP contribution is 2.16. The summed E-state index contributed by atoms with van der Waals surface area (Å²) in [5.41, 5.74) is 2.31. The molecule has 0 aliphatic carbocycles. The van der Waals surface area contributed by atoms with Gasteiger partial charge in [-0.25, -0.2) is 4.98 Å². The molecule has 2 aromatic rings. The van der Waals surface area contributed by atoms with E-state index in [4.69, 9.17) is 4.74 Å². The summed E-state index contributed by atoms with van der Waals surface area (Å²) >= 11 is 0. The first-order chi connectivity index (χ1) is 9.25. The smallest absolute Gasteiger partial charge is 0.272 e. The Bertz CT molecular complexity index is 642. The van der Waals surface area contributed by atoms with Crippen molar-refractivity contribution in [2.75, 3.05) is 6.61 Å². The van der Waals surface area contributed by atoms with Crippen LogP contribution in [0.5, 0.6) is 0 Å². The summed E-state index contributed by atoms with van der Waals surface area (Å²) < 4.78 is 7.56. The summed E-state index contributed by atoms with van der Waals surface area (Å²) in [5, 5.41) is 0. The fraction of sp³-hybridized carbons (Fsp3) is 0.467. The first-order valence-corrected chi connectivity index (χ1v) is 6.83. The number of hydrogen-bond donors (Lipinski definition) is 0. The minimum Gasteiger partial charge on any atom is -0.376 e. The van der Waals surface area contributed by atoms with E-state index >= 15 is 0 Å². The molecular weight excluding hydrogens is 240 g/mol. The number of rotatable bonds is 2. The van der Waals surface area contributed by atoms with E-state index in [1.165, 1.54) is 6.42 Å². The predicted molar refractivity (Wildman–Crippen MR) is 74.3 cm³/mol. The van der Waals surface area contributed by atoms with Crippen LogP contribution in [0, 0.1) is 6.92 Å². The van der Waals surface area contributed by atoms with Crippen molar-refractivity contribution in [2.45, 2.75) is 38.8 Å². The van der Waals surface area contributed by atoms with E-state index in [2.05, 4.69) is 4.98 Å².